The molecule has 0 aliphatic heterocycles. The van der Waals surface area contributed by atoms with Gasteiger partial charge < -0.3 is 10.5 Å². The molecule has 0 saturated carbocycles. The summed E-state index contributed by atoms with van der Waals surface area (Å²) >= 11 is 0. The summed E-state index contributed by atoms with van der Waals surface area (Å²) in [5.41, 5.74) is 6.23. The van der Waals surface area contributed by atoms with Crippen molar-refractivity contribution >= 4 is 21.5 Å². The van der Waals surface area contributed by atoms with E-state index in [1.807, 2.05) is 0 Å². The van der Waals surface area contributed by atoms with Crippen LogP contribution in [0, 0.1) is 0 Å². The van der Waals surface area contributed by atoms with Gasteiger partial charge in [-0.05, 0) is 25.5 Å². The third-order valence-electron chi connectivity index (χ3n) is 2.88. The first-order valence-corrected chi connectivity index (χ1v) is 7.68. The van der Waals surface area contributed by atoms with E-state index in [2.05, 4.69) is 9.71 Å². The number of nitrogens with zero attached hydrogens (tertiary/aromatic N) is 2. The molecule has 0 aromatic carbocycles. The Hall–Kier alpha value is -1.64. The highest BCUT2D eigenvalue weighted by molar-refractivity contribution is 7.89. The number of ether oxygens (including phenoxy) is 1. The number of hydrogen-bond donors (Lipinski definition) is 2. The summed E-state index contributed by atoms with van der Waals surface area (Å²) in [6.07, 6.45) is 2.19. The van der Waals surface area contributed by atoms with Crippen molar-refractivity contribution in [1.29, 1.82) is 0 Å². The van der Waals surface area contributed by atoms with Crippen LogP contribution < -0.4 is 10.5 Å². The van der Waals surface area contributed by atoms with Gasteiger partial charge in [-0.1, -0.05) is 6.07 Å². The van der Waals surface area contributed by atoms with Crippen LogP contribution in [0.4, 0.5) is 5.82 Å². The van der Waals surface area contributed by atoms with E-state index in [1.54, 1.807) is 38.4 Å². The molecule has 20 heavy (non-hydrogen) atoms. The number of fused-ring (bicyclic) bond motifs is 1. The fourth-order valence-corrected chi connectivity index (χ4v) is 3.43. The number of imidazole rings is 1. The molecule has 7 nitrogen and oxygen atoms in total. The summed E-state index contributed by atoms with van der Waals surface area (Å²) in [7, 11) is -2.16. The number of methoxy groups -OCH3 is 1. The normalized spacial score (nSPS) is 13.7. The summed E-state index contributed by atoms with van der Waals surface area (Å²) in [6.45, 7) is 2.25. The number of nitrogens with two attached hydrogens (primary N) is 1. The Bertz CT molecular complexity index is 696. The smallest absolute Gasteiger partial charge is 0.260 e. The maximum Gasteiger partial charge on any atom is 0.260 e. The first-order valence-electron chi connectivity index (χ1n) is 6.19. The van der Waals surface area contributed by atoms with Crippen molar-refractivity contribution in [3.05, 3.63) is 24.4 Å². The Labute approximate surface area is 117 Å². The van der Waals surface area contributed by atoms with E-state index >= 15 is 0 Å². The number of anilines is 1. The highest BCUT2D eigenvalue weighted by Crippen LogP contribution is 2.20. The van der Waals surface area contributed by atoms with Gasteiger partial charge in [0, 0.05) is 26.0 Å². The van der Waals surface area contributed by atoms with Crippen LogP contribution in [0.3, 0.4) is 0 Å². The fraction of sp³-hybridized carbons (Fsp3) is 0.417. The lowest BCUT2D eigenvalue weighted by atomic mass is 10.3. The minimum absolute atomic E-state index is 0.0114. The van der Waals surface area contributed by atoms with Gasteiger partial charge >= 0.3 is 0 Å². The minimum Gasteiger partial charge on any atom is -0.385 e. The van der Waals surface area contributed by atoms with E-state index in [0.29, 0.717) is 18.7 Å². The predicted molar refractivity (Wildman–Crippen MR) is 75.9 cm³/mol. The Morgan fingerprint density at radius 2 is 2.25 bits per heavy atom. The SMILES string of the molecule is COCCC(C)NS(=O)(=O)c1c(N)nc2ccccn12. The lowest BCUT2D eigenvalue weighted by molar-refractivity contribution is 0.188. The van der Waals surface area contributed by atoms with Crippen LogP contribution in [0.1, 0.15) is 13.3 Å². The maximum absolute atomic E-state index is 12.4. The average Bonchev–Trinajstić information content (AvgIpc) is 2.72. The van der Waals surface area contributed by atoms with Crippen molar-refractivity contribution in [2.75, 3.05) is 19.5 Å². The zero-order chi connectivity index (χ0) is 14.8. The van der Waals surface area contributed by atoms with Gasteiger partial charge in [-0.25, -0.2) is 18.1 Å². The van der Waals surface area contributed by atoms with E-state index in [-0.39, 0.29) is 16.9 Å². The molecular weight excluding hydrogens is 280 g/mol. The monoisotopic (exact) mass is 298 g/mol. The number of nitrogen functional groups attached to an aromatic ring is 1. The maximum atomic E-state index is 12.4. The highest BCUT2D eigenvalue weighted by atomic mass is 32.2. The van der Waals surface area contributed by atoms with Gasteiger partial charge in [-0.15, -0.1) is 0 Å². The molecule has 0 bridgehead atoms. The van der Waals surface area contributed by atoms with Gasteiger partial charge in [-0.2, -0.15) is 0 Å². The molecule has 0 amide bonds. The van der Waals surface area contributed by atoms with Gasteiger partial charge in [0.15, 0.2) is 10.8 Å². The third-order valence-corrected chi connectivity index (χ3v) is 4.50. The lowest BCUT2D eigenvalue weighted by Gasteiger charge is -2.13. The van der Waals surface area contributed by atoms with Gasteiger partial charge in [-0.3, -0.25) is 4.40 Å². The summed E-state index contributed by atoms with van der Waals surface area (Å²) in [4.78, 5) is 4.05. The highest BCUT2D eigenvalue weighted by Gasteiger charge is 2.25. The number of aromatic nitrogens is 2. The molecule has 0 saturated heterocycles. The Morgan fingerprint density at radius 3 is 2.95 bits per heavy atom. The van der Waals surface area contributed by atoms with Crippen LogP contribution in [0.15, 0.2) is 29.4 Å². The molecule has 0 fully saturated rings. The zero-order valence-electron chi connectivity index (χ0n) is 11.4. The molecule has 2 rings (SSSR count). The molecule has 0 aliphatic rings. The largest absolute Gasteiger partial charge is 0.385 e. The van der Waals surface area contributed by atoms with Gasteiger partial charge in [0.1, 0.15) is 5.65 Å². The van der Waals surface area contributed by atoms with Crippen molar-refractivity contribution in [2.45, 2.75) is 24.4 Å². The molecule has 2 aromatic heterocycles. The van der Waals surface area contributed by atoms with Gasteiger partial charge in [0.2, 0.25) is 0 Å². The minimum atomic E-state index is -3.73. The van der Waals surface area contributed by atoms with Gasteiger partial charge in [0.05, 0.1) is 0 Å². The molecule has 2 aromatic rings. The first-order chi connectivity index (χ1) is 9.45. The lowest BCUT2D eigenvalue weighted by Crippen LogP contribution is -2.34. The molecular formula is C12H18N4O3S. The van der Waals surface area contributed by atoms with E-state index in [9.17, 15) is 8.42 Å². The van der Waals surface area contributed by atoms with Crippen molar-refractivity contribution < 1.29 is 13.2 Å². The predicted octanol–water partition coefficient (Wildman–Crippen LogP) is 0.620. The van der Waals surface area contributed by atoms with Crippen LogP contribution in [-0.2, 0) is 14.8 Å². The molecule has 3 N–H and O–H groups in total. The Kier molecular flexibility index (Phi) is 4.26. The fourth-order valence-electron chi connectivity index (χ4n) is 1.93. The van der Waals surface area contributed by atoms with Gasteiger partial charge in [0.25, 0.3) is 10.0 Å². The summed E-state index contributed by atoms with van der Waals surface area (Å²) in [5.74, 6) is -0.0114. The Balaban J connectivity index is 2.34. The standard InChI is InChI=1S/C12H18N4O3S/c1-9(6-8-19-2)15-20(17,18)12-11(13)14-10-5-3-4-7-16(10)12/h3-5,7,9,15H,6,8,13H2,1-2H3. The summed E-state index contributed by atoms with van der Waals surface area (Å²) in [5, 5.41) is -0.0302. The van der Waals surface area contributed by atoms with Crippen LogP contribution >= 0.6 is 0 Å². The zero-order valence-corrected chi connectivity index (χ0v) is 12.2. The van der Waals surface area contributed by atoms with Crippen molar-refractivity contribution in [2.24, 2.45) is 0 Å². The number of hydrogen-bond acceptors (Lipinski definition) is 5. The van der Waals surface area contributed by atoms with E-state index in [4.69, 9.17) is 10.5 Å². The first kappa shape index (κ1) is 14.8. The molecule has 8 heteroatoms. The second-order valence-electron chi connectivity index (χ2n) is 4.53. The van der Waals surface area contributed by atoms with Crippen molar-refractivity contribution in [3.8, 4) is 0 Å². The average molecular weight is 298 g/mol. The number of rotatable bonds is 6. The van der Waals surface area contributed by atoms with E-state index < -0.39 is 10.0 Å². The number of sulfonamides is 1. The second kappa shape index (κ2) is 5.78. The summed E-state index contributed by atoms with van der Waals surface area (Å²) in [6, 6.07) is 4.94. The van der Waals surface area contributed by atoms with Crippen LogP contribution in [-0.4, -0.2) is 37.6 Å². The Morgan fingerprint density at radius 1 is 1.50 bits per heavy atom. The van der Waals surface area contributed by atoms with Crippen LogP contribution in [0.2, 0.25) is 0 Å². The van der Waals surface area contributed by atoms with Crippen LogP contribution in [0.25, 0.3) is 5.65 Å². The molecule has 0 aliphatic carbocycles. The number of nitrogens with one attached hydrogen (secondary N) is 1. The topological polar surface area (TPSA) is 98.7 Å². The molecule has 2 heterocycles. The third kappa shape index (κ3) is 2.92. The second-order valence-corrected chi connectivity index (χ2v) is 6.16. The quantitative estimate of drug-likeness (QED) is 0.814. The van der Waals surface area contributed by atoms with Crippen molar-refractivity contribution in [1.82, 2.24) is 14.1 Å². The molecule has 1 unspecified atom stereocenters. The molecule has 0 spiro atoms. The van der Waals surface area contributed by atoms with E-state index in [0.717, 1.165) is 0 Å². The molecule has 1 atom stereocenters. The summed E-state index contributed by atoms with van der Waals surface area (Å²) < 4.78 is 33.8. The van der Waals surface area contributed by atoms with Crippen LogP contribution in [0.5, 0.6) is 0 Å². The van der Waals surface area contributed by atoms with E-state index in [1.165, 1.54) is 4.40 Å². The number of pyridine rings is 1. The molecule has 110 valence electrons. The van der Waals surface area contributed by atoms with Crippen molar-refractivity contribution in [3.63, 3.8) is 0 Å². The molecule has 0 radical (unpaired) electrons.